The lowest BCUT2D eigenvalue weighted by atomic mass is 9.41. The van der Waals surface area contributed by atoms with Gasteiger partial charge in [0.15, 0.2) is 0 Å². The van der Waals surface area contributed by atoms with E-state index in [4.69, 9.17) is 9.31 Å². The van der Waals surface area contributed by atoms with Gasteiger partial charge < -0.3 is 14.6 Å². The molecular formula is C14H24BNO2. The summed E-state index contributed by atoms with van der Waals surface area (Å²) in [6, 6.07) is 0. The van der Waals surface area contributed by atoms with Gasteiger partial charge >= 0.3 is 7.12 Å². The second-order valence-corrected chi connectivity index (χ2v) is 7.53. The molecule has 4 heteroatoms. The summed E-state index contributed by atoms with van der Waals surface area (Å²) >= 11 is 0. The number of nitrogens with one attached hydrogen (secondary N) is 1. The fourth-order valence-corrected chi connectivity index (χ4v) is 5.14. The van der Waals surface area contributed by atoms with E-state index in [1.165, 1.54) is 32.1 Å². The van der Waals surface area contributed by atoms with E-state index in [2.05, 4.69) is 26.1 Å². The Morgan fingerprint density at radius 3 is 2.61 bits per heavy atom. The minimum Gasteiger partial charge on any atom is -0.402 e. The van der Waals surface area contributed by atoms with E-state index in [0.29, 0.717) is 5.94 Å². The molecule has 1 spiro atoms. The van der Waals surface area contributed by atoms with Crippen molar-refractivity contribution in [1.29, 1.82) is 0 Å². The number of hydrogen-bond donors (Lipinski definition) is 1. The molecule has 5 aliphatic rings. The third-order valence-corrected chi connectivity index (χ3v) is 6.54. The maximum Gasteiger partial charge on any atom is 0.476 e. The van der Waals surface area contributed by atoms with Crippen molar-refractivity contribution >= 4 is 7.12 Å². The van der Waals surface area contributed by atoms with Gasteiger partial charge in [0.25, 0.3) is 0 Å². The van der Waals surface area contributed by atoms with Gasteiger partial charge in [-0.3, -0.25) is 0 Å². The van der Waals surface area contributed by atoms with Gasteiger partial charge in [-0.1, -0.05) is 13.8 Å². The van der Waals surface area contributed by atoms with E-state index in [-0.39, 0.29) is 23.7 Å². The van der Waals surface area contributed by atoms with Crippen LogP contribution < -0.4 is 5.32 Å². The zero-order chi connectivity index (χ0) is 12.6. The standard InChI is InChI=1S/C14H24BNO2/c1-12(2)10-6-7-13(3)14(12,9-10)18-15(17-13)11-5-4-8-16-11/h10-11,16H,4-9H2,1-3H3/t10?,11-,13?,14?/m0/s1. The number of fused-ring (bicyclic) bond motifs is 1. The molecule has 0 aromatic carbocycles. The molecule has 0 aromatic rings. The van der Waals surface area contributed by atoms with Crippen molar-refractivity contribution in [3.05, 3.63) is 0 Å². The van der Waals surface area contributed by atoms with Crippen molar-refractivity contribution < 1.29 is 9.31 Å². The van der Waals surface area contributed by atoms with Gasteiger partial charge in [-0.05, 0) is 56.9 Å². The molecule has 2 bridgehead atoms. The van der Waals surface area contributed by atoms with Crippen LogP contribution in [0.3, 0.4) is 0 Å². The Morgan fingerprint density at radius 2 is 2.00 bits per heavy atom. The first-order chi connectivity index (χ1) is 8.49. The molecular weight excluding hydrogens is 225 g/mol. The Bertz CT molecular complexity index is 382. The van der Waals surface area contributed by atoms with E-state index in [0.717, 1.165) is 12.5 Å². The zero-order valence-corrected chi connectivity index (χ0v) is 11.8. The highest BCUT2D eigenvalue weighted by molar-refractivity contribution is 6.47. The van der Waals surface area contributed by atoms with Crippen molar-refractivity contribution in [1.82, 2.24) is 5.32 Å². The Hall–Kier alpha value is -0.0551. The predicted molar refractivity (Wildman–Crippen MR) is 71.2 cm³/mol. The Morgan fingerprint density at radius 1 is 1.17 bits per heavy atom. The average molecular weight is 249 g/mol. The van der Waals surface area contributed by atoms with Crippen LogP contribution in [0.1, 0.15) is 52.9 Å². The van der Waals surface area contributed by atoms with Crippen molar-refractivity contribution in [3.8, 4) is 0 Å². The molecule has 1 N–H and O–H groups in total. The second-order valence-electron chi connectivity index (χ2n) is 7.53. The molecule has 3 aliphatic carbocycles. The largest absolute Gasteiger partial charge is 0.476 e. The monoisotopic (exact) mass is 249 g/mol. The lowest BCUT2D eigenvalue weighted by Crippen LogP contribution is -2.73. The summed E-state index contributed by atoms with van der Waals surface area (Å²) in [6.45, 7) is 8.17. The lowest BCUT2D eigenvalue weighted by Gasteiger charge is -2.69. The molecule has 3 nitrogen and oxygen atoms in total. The quantitative estimate of drug-likeness (QED) is 0.722. The predicted octanol–water partition coefficient (Wildman–Crippen LogP) is 2.15. The molecule has 100 valence electrons. The summed E-state index contributed by atoms with van der Waals surface area (Å²) in [5, 5.41) is 3.54. The maximum absolute atomic E-state index is 6.54. The van der Waals surface area contributed by atoms with Crippen molar-refractivity contribution in [2.75, 3.05) is 6.54 Å². The van der Waals surface area contributed by atoms with Crippen LogP contribution in [0, 0.1) is 11.3 Å². The van der Waals surface area contributed by atoms with Crippen molar-refractivity contribution in [3.63, 3.8) is 0 Å². The van der Waals surface area contributed by atoms with Crippen LogP contribution >= 0.6 is 0 Å². The summed E-state index contributed by atoms with van der Waals surface area (Å²) in [6.07, 6.45) is 6.13. The third kappa shape index (κ3) is 1.14. The zero-order valence-electron chi connectivity index (χ0n) is 11.8. The fraction of sp³-hybridized carbons (Fsp3) is 1.00. The van der Waals surface area contributed by atoms with E-state index < -0.39 is 0 Å². The molecule has 18 heavy (non-hydrogen) atoms. The first-order valence-electron chi connectivity index (χ1n) is 7.58. The first-order valence-corrected chi connectivity index (χ1v) is 7.58. The third-order valence-electron chi connectivity index (χ3n) is 6.54. The van der Waals surface area contributed by atoms with E-state index in [1.807, 2.05) is 0 Å². The van der Waals surface area contributed by atoms with E-state index in [9.17, 15) is 0 Å². The Labute approximate surface area is 110 Å². The minimum absolute atomic E-state index is 0.0160. The summed E-state index contributed by atoms with van der Waals surface area (Å²) < 4.78 is 13.0. The lowest BCUT2D eigenvalue weighted by molar-refractivity contribution is -0.257. The Balaban J connectivity index is 1.65. The van der Waals surface area contributed by atoms with Crippen molar-refractivity contribution in [2.45, 2.75) is 70.0 Å². The summed E-state index contributed by atoms with van der Waals surface area (Å²) in [5.74, 6) is 1.25. The van der Waals surface area contributed by atoms with Crippen molar-refractivity contribution in [2.24, 2.45) is 11.3 Å². The van der Waals surface area contributed by atoms with Gasteiger partial charge in [-0.15, -0.1) is 0 Å². The fourth-order valence-electron chi connectivity index (χ4n) is 5.14. The van der Waals surface area contributed by atoms with Crippen LogP contribution in [0.2, 0.25) is 0 Å². The van der Waals surface area contributed by atoms with Gasteiger partial charge in [-0.25, -0.2) is 0 Å². The van der Waals surface area contributed by atoms with E-state index in [1.54, 1.807) is 0 Å². The molecule has 3 unspecified atom stereocenters. The van der Waals surface area contributed by atoms with Crippen LogP contribution in [-0.2, 0) is 9.31 Å². The van der Waals surface area contributed by atoms with Crippen LogP contribution in [0.5, 0.6) is 0 Å². The molecule has 2 aliphatic heterocycles. The SMILES string of the molecule is CC12CCC3CC1(OB([C@@H]1CCCN1)O2)C3(C)C. The maximum atomic E-state index is 6.54. The van der Waals surface area contributed by atoms with Gasteiger partial charge in [0.2, 0.25) is 0 Å². The molecule has 3 saturated carbocycles. The van der Waals surface area contributed by atoms with Crippen LogP contribution in [-0.4, -0.2) is 30.8 Å². The molecule has 2 saturated heterocycles. The molecule has 0 amide bonds. The first kappa shape index (κ1) is 11.7. The van der Waals surface area contributed by atoms with Gasteiger partial charge in [0.1, 0.15) is 0 Å². The molecule has 4 atom stereocenters. The average Bonchev–Trinajstić information content (AvgIpc) is 2.92. The van der Waals surface area contributed by atoms with Gasteiger partial charge in [-0.2, -0.15) is 0 Å². The van der Waals surface area contributed by atoms with Crippen LogP contribution in [0.4, 0.5) is 0 Å². The molecule has 5 rings (SSSR count). The van der Waals surface area contributed by atoms with Crippen LogP contribution in [0.15, 0.2) is 0 Å². The molecule has 2 heterocycles. The highest BCUT2D eigenvalue weighted by Crippen LogP contribution is 2.70. The normalized spacial score (nSPS) is 53.2. The summed E-state index contributed by atoms with van der Waals surface area (Å²) in [7, 11) is -0.0178. The highest BCUT2D eigenvalue weighted by atomic mass is 16.7. The number of rotatable bonds is 1. The highest BCUT2D eigenvalue weighted by Gasteiger charge is 2.76. The number of hydrogen-bond acceptors (Lipinski definition) is 3. The molecule has 0 aromatic heterocycles. The smallest absolute Gasteiger partial charge is 0.402 e. The van der Waals surface area contributed by atoms with E-state index >= 15 is 0 Å². The van der Waals surface area contributed by atoms with Gasteiger partial charge in [0, 0.05) is 5.94 Å². The molecule has 0 radical (unpaired) electrons. The molecule has 5 fully saturated rings. The van der Waals surface area contributed by atoms with Crippen LogP contribution in [0.25, 0.3) is 0 Å². The second kappa shape index (κ2) is 3.33. The van der Waals surface area contributed by atoms with Gasteiger partial charge in [0.05, 0.1) is 11.2 Å². The minimum atomic E-state index is -0.0554. The Kier molecular flexibility index (Phi) is 2.18. The topological polar surface area (TPSA) is 30.5 Å². The summed E-state index contributed by atoms with van der Waals surface area (Å²) in [5.41, 5.74) is 0.214. The summed E-state index contributed by atoms with van der Waals surface area (Å²) in [4.78, 5) is 0.